The number of sulfonamides is 1. The molecule has 0 amide bonds. The lowest BCUT2D eigenvalue weighted by Crippen LogP contribution is -2.33. The van der Waals surface area contributed by atoms with Crippen molar-refractivity contribution in [3.05, 3.63) is 29.6 Å². The van der Waals surface area contributed by atoms with E-state index in [1.54, 1.807) is 0 Å². The summed E-state index contributed by atoms with van der Waals surface area (Å²) in [7, 11) is -3.23. The van der Waals surface area contributed by atoms with Gasteiger partial charge in [0.2, 0.25) is 10.0 Å². The summed E-state index contributed by atoms with van der Waals surface area (Å²) >= 11 is 0. The van der Waals surface area contributed by atoms with E-state index in [0.717, 1.165) is 11.4 Å². The Morgan fingerprint density at radius 2 is 2.11 bits per heavy atom. The van der Waals surface area contributed by atoms with E-state index in [4.69, 9.17) is 5.73 Å². The largest absolute Gasteiger partial charge is 0.330 e. The van der Waals surface area contributed by atoms with Gasteiger partial charge in [0.05, 0.1) is 18.0 Å². The van der Waals surface area contributed by atoms with Crippen molar-refractivity contribution in [3.8, 4) is 0 Å². The molecule has 102 valence electrons. The summed E-state index contributed by atoms with van der Waals surface area (Å²) in [5.41, 5.74) is 7.02. The summed E-state index contributed by atoms with van der Waals surface area (Å²) < 4.78 is 25.6. The molecule has 0 aliphatic carbocycles. The zero-order valence-corrected chi connectivity index (χ0v) is 11.8. The van der Waals surface area contributed by atoms with Gasteiger partial charge in [-0.25, -0.2) is 8.42 Å². The van der Waals surface area contributed by atoms with E-state index in [-0.39, 0.29) is 5.75 Å². The van der Waals surface area contributed by atoms with Crippen molar-refractivity contribution >= 4 is 10.0 Å². The van der Waals surface area contributed by atoms with Crippen molar-refractivity contribution in [2.75, 3.05) is 18.8 Å². The van der Waals surface area contributed by atoms with Crippen molar-refractivity contribution in [1.29, 1.82) is 0 Å². The first-order valence-corrected chi connectivity index (χ1v) is 7.71. The fourth-order valence-electron chi connectivity index (χ4n) is 1.67. The van der Waals surface area contributed by atoms with Crippen molar-refractivity contribution in [3.63, 3.8) is 0 Å². The summed E-state index contributed by atoms with van der Waals surface area (Å²) in [6.45, 7) is 4.88. The van der Waals surface area contributed by atoms with Crippen LogP contribution in [0.15, 0.2) is 18.2 Å². The Labute approximate surface area is 109 Å². The lowest BCUT2D eigenvalue weighted by atomic mass is 10.3. The molecule has 0 aromatic carbocycles. The maximum atomic E-state index is 12.1. The highest BCUT2D eigenvalue weighted by molar-refractivity contribution is 7.89. The number of nitrogens with zero attached hydrogens (tertiary/aromatic N) is 2. The van der Waals surface area contributed by atoms with Crippen LogP contribution in [-0.4, -0.2) is 36.5 Å². The summed E-state index contributed by atoms with van der Waals surface area (Å²) in [6.07, 6.45) is 0.486. The molecule has 2 N–H and O–H groups in total. The Bertz CT molecular complexity index is 474. The molecular formula is C12H21N3O2S. The Balaban J connectivity index is 2.78. The molecule has 18 heavy (non-hydrogen) atoms. The fourth-order valence-corrected chi connectivity index (χ4v) is 3.18. The lowest BCUT2D eigenvalue weighted by Gasteiger charge is -2.20. The van der Waals surface area contributed by atoms with Crippen LogP contribution in [0.3, 0.4) is 0 Å². The summed E-state index contributed by atoms with van der Waals surface area (Å²) in [5.74, 6) is 0.100. The molecule has 1 rings (SSSR count). The van der Waals surface area contributed by atoms with E-state index in [1.165, 1.54) is 4.31 Å². The van der Waals surface area contributed by atoms with Crippen molar-refractivity contribution < 1.29 is 8.42 Å². The minimum absolute atomic E-state index is 0.100. The van der Waals surface area contributed by atoms with Crippen LogP contribution in [0.2, 0.25) is 0 Å². The predicted octanol–water partition coefficient (Wildman–Crippen LogP) is 0.891. The van der Waals surface area contributed by atoms with Crippen LogP contribution in [0.4, 0.5) is 0 Å². The van der Waals surface area contributed by atoms with Crippen molar-refractivity contribution in [2.24, 2.45) is 5.73 Å². The van der Waals surface area contributed by atoms with E-state index < -0.39 is 10.0 Å². The number of hydrogen-bond donors (Lipinski definition) is 1. The highest BCUT2D eigenvalue weighted by Crippen LogP contribution is 2.09. The second-order valence-corrected chi connectivity index (χ2v) is 6.24. The van der Waals surface area contributed by atoms with Gasteiger partial charge in [-0.3, -0.25) is 4.98 Å². The van der Waals surface area contributed by atoms with Gasteiger partial charge in [-0.15, -0.1) is 0 Å². The van der Waals surface area contributed by atoms with Crippen LogP contribution < -0.4 is 5.73 Å². The van der Waals surface area contributed by atoms with Crippen LogP contribution in [0, 0.1) is 6.92 Å². The molecular weight excluding hydrogens is 250 g/mol. The van der Waals surface area contributed by atoms with Crippen LogP contribution in [0.25, 0.3) is 0 Å². The van der Waals surface area contributed by atoms with Crippen molar-refractivity contribution in [1.82, 2.24) is 9.29 Å². The van der Waals surface area contributed by atoms with E-state index in [0.29, 0.717) is 26.1 Å². The topological polar surface area (TPSA) is 76.3 Å². The minimum Gasteiger partial charge on any atom is -0.330 e. The number of aromatic nitrogens is 1. The first-order valence-electron chi connectivity index (χ1n) is 6.10. The van der Waals surface area contributed by atoms with Gasteiger partial charge in [-0.05, 0) is 32.0 Å². The monoisotopic (exact) mass is 271 g/mol. The van der Waals surface area contributed by atoms with Gasteiger partial charge < -0.3 is 5.73 Å². The smallest absolute Gasteiger partial charge is 0.214 e. The third-order valence-corrected chi connectivity index (χ3v) is 4.62. The minimum atomic E-state index is -3.23. The maximum Gasteiger partial charge on any atom is 0.214 e. The molecule has 5 nitrogen and oxygen atoms in total. The first kappa shape index (κ1) is 15.1. The molecule has 0 bridgehead atoms. The Hall–Kier alpha value is -0.980. The normalized spacial score (nSPS) is 12.0. The van der Waals surface area contributed by atoms with E-state index in [1.807, 2.05) is 32.0 Å². The number of hydrogen-bond acceptors (Lipinski definition) is 4. The molecule has 1 aromatic heterocycles. The highest BCUT2D eigenvalue weighted by atomic mass is 32.2. The average molecular weight is 271 g/mol. The Morgan fingerprint density at radius 3 is 2.67 bits per heavy atom. The molecule has 0 radical (unpaired) electrons. The third kappa shape index (κ3) is 4.36. The van der Waals surface area contributed by atoms with Crippen LogP contribution in [0.1, 0.15) is 24.7 Å². The summed E-state index contributed by atoms with van der Waals surface area (Å²) in [4.78, 5) is 4.32. The number of pyridine rings is 1. The zero-order valence-electron chi connectivity index (χ0n) is 11.0. The lowest BCUT2D eigenvalue weighted by molar-refractivity contribution is 0.418. The summed E-state index contributed by atoms with van der Waals surface area (Å²) in [6, 6.07) is 5.62. The molecule has 0 fully saturated rings. The first-order chi connectivity index (χ1) is 8.49. The standard InChI is InChI=1S/C12H21N3O2S/c1-3-15(18(16,17)9-5-8-13)10-12-7-4-6-11(2)14-12/h4,6-7H,3,5,8-10,13H2,1-2H3. The Kier molecular flexibility index (Phi) is 5.71. The van der Waals surface area contributed by atoms with Crippen LogP contribution >= 0.6 is 0 Å². The Morgan fingerprint density at radius 1 is 1.39 bits per heavy atom. The van der Waals surface area contributed by atoms with E-state index in [2.05, 4.69) is 4.98 Å². The number of aryl methyl sites for hydroxylation is 1. The molecule has 1 aromatic rings. The molecule has 0 aliphatic rings. The van der Waals surface area contributed by atoms with Gasteiger partial charge in [0.15, 0.2) is 0 Å². The average Bonchev–Trinajstić information content (AvgIpc) is 2.33. The van der Waals surface area contributed by atoms with E-state index in [9.17, 15) is 8.42 Å². The number of rotatable bonds is 7. The van der Waals surface area contributed by atoms with Crippen molar-refractivity contribution in [2.45, 2.75) is 26.8 Å². The summed E-state index contributed by atoms with van der Waals surface area (Å²) in [5, 5.41) is 0. The fraction of sp³-hybridized carbons (Fsp3) is 0.583. The predicted molar refractivity (Wildman–Crippen MR) is 72.5 cm³/mol. The maximum absolute atomic E-state index is 12.1. The molecule has 0 saturated heterocycles. The molecule has 0 unspecified atom stereocenters. The second-order valence-electron chi connectivity index (χ2n) is 4.15. The van der Waals surface area contributed by atoms with Gasteiger partial charge in [-0.1, -0.05) is 13.0 Å². The van der Waals surface area contributed by atoms with Gasteiger partial charge in [0, 0.05) is 12.2 Å². The van der Waals surface area contributed by atoms with Gasteiger partial charge in [-0.2, -0.15) is 4.31 Å². The zero-order chi connectivity index (χ0) is 13.6. The molecule has 0 aliphatic heterocycles. The molecule has 1 heterocycles. The molecule has 0 spiro atoms. The third-order valence-electron chi connectivity index (χ3n) is 2.64. The van der Waals surface area contributed by atoms with Gasteiger partial charge in [0.25, 0.3) is 0 Å². The van der Waals surface area contributed by atoms with Crippen LogP contribution in [0.5, 0.6) is 0 Å². The number of nitrogens with two attached hydrogens (primary N) is 1. The molecule has 0 saturated carbocycles. The molecule has 0 atom stereocenters. The SMILES string of the molecule is CCN(Cc1cccc(C)n1)S(=O)(=O)CCCN. The quantitative estimate of drug-likeness (QED) is 0.799. The van der Waals surface area contributed by atoms with E-state index >= 15 is 0 Å². The highest BCUT2D eigenvalue weighted by Gasteiger charge is 2.20. The van der Waals surface area contributed by atoms with Gasteiger partial charge >= 0.3 is 0 Å². The molecule has 6 heteroatoms. The van der Waals surface area contributed by atoms with Crippen LogP contribution in [-0.2, 0) is 16.6 Å². The second kappa shape index (κ2) is 6.82. The van der Waals surface area contributed by atoms with Gasteiger partial charge in [0.1, 0.15) is 0 Å².